The molecule has 0 heterocycles. The molecule has 1 rings (SSSR count). The summed E-state index contributed by atoms with van der Waals surface area (Å²) in [6.07, 6.45) is 0.503. The molecule has 5 nitrogen and oxygen atoms in total. The maximum atomic E-state index is 11.4. The first-order valence-corrected chi connectivity index (χ1v) is 5.46. The number of nitrogens with zero attached hydrogens (tertiary/aromatic N) is 1. The molecule has 1 aromatic rings. The van der Waals surface area contributed by atoms with Crippen molar-refractivity contribution < 1.29 is 14.5 Å². The molecular weight excluding hydrogens is 222 g/mol. The molecule has 0 bridgehead atoms. The van der Waals surface area contributed by atoms with Gasteiger partial charge in [0, 0.05) is 5.56 Å². The Labute approximate surface area is 99.5 Å². The Kier molecular flexibility index (Phi) is 4.20. The summed E-state index contributed by atoms with van der Waals surface area (Å²) in [5.41, 5.74) is 0.943. The summed E-state index contributed by atoms with van der Waals surface area (Å²) in [5, 5.41) is 10.9. The van der Waals surface area contributed by atoms with E-state index in [9.17, 15) is 14.9 Å². The third-order valence-electron chi connectivity index (χ3n) is 2.44. The second-order valence-electron chi connectivity index (χ2n) is 3.58. The third kappa shape index (κ3) is 2.81. The predicted octanol–water partition coefficient (Wildman–Crippen LogP) is 2.76. The molecule has 0 atom stereocenters. The summed E-state index contributed by atoms with van der Waals surface area (Å²) in [6, 6.07) is 2.88. The summed E-state index contributed by atoms with van der Waals surface area (Å²) in [6.45, 7) is 5.36. The van der Waals surface area contributed by atoms with Crippen LogP contribution in [0, 0.1) is 10.1 Å². The largest absolute Gasteiger partial charge is 0.493 e. The van der Waals surface area contributed by atoms with Gasteiger partial charge < -0.3 is 4.74 Å². The van der Waals surface area contributed by atoms with Gasteiger partial charge in [-0.25, -0.2) is 0 Å². The minimum Gasteiger partial charge on any atom is -0.493 e. The summed E-state index contributed by atoms with van der Waals surface area (Å²) in [7, 11) is 0. The second-order valence-corrected chi connectivity index (χ2v) is 3.58. The number of carbonyl (C=O) groups is 1. The zero-order valence-corrected chi connectivity index (χ0v) is 10.1. The van der Waals surface area contributed by atoms with Gasteiger partial charge >= 0.3 is 0 Å². The van der Waals surface area contributed by atoms with E-state index in [1.165, 1.54) is 13.0 Å². The standard InChI is InChI=1S/C12H15NO4/c1-4-9-6-10(8(3)14)12(17-5-2)7-11(9)13(15)16/h6-7H,4-5H2,1-3H3. The molecule has 0 saturated heterocycles. The summed E-state index contributed by atoms with van der Waals surface area (Å²) in [4.78, 5) is 21.9. The van der Waals surface area contributed by atoms with Crippen LogP contribution in [0.5, 0.6) is 5.75 Å². The van der Waals surface area contributed by atoms with Crippen LogP contribution < -0.4 is 4.74 Å². The first-order chi connectivity index (χ1) is 8.01. The zero-order valence-electron chi connectivity index (χ0n) is 10.1. The van der Waals surface area contributed by atoms with Crippen molar-refractivity contribution in [1.82, 2.24) is 0 Å². The molecule has 0 amide bonds. The number of carbonyl (C=O) groups excluding carboxylic acids is 1. The van der Waals surface area contributed by atoms with E-state index in [2.05, 4.69) is 0 Å². The van der Waals surface area contributed by atoms with Crippen molar-refractivity contribution in [2.45, 2.75) is 27.2 Å². The average molecular weight is 237 g/mol. The van der Waals surface area contributed by atoms with Crippen LogP contribution in [0.15, 0.2) is 12.1 Å². The molecule has 0 aliphatic heterocycles. The number of nitro groups is 1. The van der Waals surface area contributed by atoms with Gasteiger partial charge in [0.1, 0.15) is 5.75 Å². The fourth-order valence-electron chi connectivity index (χ4n) is 1.62. The SMILES string of the molecule is CCOc1cc([N+](=O)[O-])c(CC)cc1C(C)=O. The third-order valence-corrected chi connectivity index (χ3v) is 2.44. The molecule has 0 radical (unpaired) electrons. The lowest BCUT2D eigenvalue weighted by molar-refractivity contribution is -0.385. The zero-order chi connectivity index (χ0) is 13.0. The molecular formula is C12H15NO4. The molecule has 1 aromatic carbocycles. The van der Waals surface area contributed by atoms with Crippen molar-refractivity contribution >= 4 is 11.5 Å². The van der Waals surface area contributed by atoms with Crippen molar-refractivity contribution in [1.29, 1.82) is 0 Å². The lowest BCUT2D eigenvalue weighted by atomic mass is 10.0. The Bertz CT molecular complexity index is 454. The molecule has 17 heavy (non-hydrogen) atoms. The van der Waals surface area contributed by atoms with E-state index in [1.54, 1.807) is 13.0 Å². The normalized spacial score (nSPS) is 10.1. The number of rotatable bonds is 5. The number of hydrogen-bond acceptors (Lipinski definition) is 4. The van der Waals surface area contributed by atoms with E-state index in [1.807, 2.05) is 6.92 Å². The Morgan fingerprint density at radius 2 is 2.06 bits per heavy atom. The summed E-state index contributed by atoms with van der Waals surface area (Å²) >= 11 is 0. The van der Waals surface area contributed by atoms with Gasteiger partial charge in [0.25, 0.3) is 5.69 Å². The van der Waals surface area contributed by atoms with Crippen LogP contribution >= 0.6 is 0 Å². The van der Waals surface area contributed by atoms with Gasteiger partial charge in [-0.3, -0.25) is 14.9 Å². The first-order valence-electron chi connectivity index (χ1n) is 5.46. The van der Waals surface area contributed by atoms with Gasteiger partial charge in [0.15, 0.2) is 5.78 Å². The van der Waals surface area contributed by atoms with Crippen LogP contribution in [0.4, 0.5) is 5.69 Å². The highest BCUT2D eigenvalue weighted by Crippen LogP contribution is 2.29. The summed E-state index contributed by atoms with van der Waals surface area (Å²) in [5.74, 6) is 0.127. The number of nitro benzene ring substituents is 1. The monoisotopic (exact) mass is 237 g/mol. The lowest BCUT2D eigenvalue weighted by Gasteiger charge is -2.10. The van der Waals surface area contributed by atoms with E-state index in [-0.39, 0.29) is 17.2 Å². The van der Waals surface area contributed by atoms with E-state index in [4.69, 9.17) is 4.74 Å². The molecule has 92 valence electrons. The molecule has 5 heteroatoms. The van der Waals surface area contributed by atoms with Gasteiger partial charge in [-0.1, -0.05) is 6.92 Å². The molecule has 0 saturated carbocycles. The van der Waals surface area contributed by atoms with Crippen molar-refractivity contribution in [3.8, 4) is 5.75 Å². The topological polar surface area (TPSA) is 69.4 Å². The van der Waals surface area contributed by atoms with Gasteiger partial charge in [0.05, 0.1) is 23.2 Å². The van der Waals surface area contributed by atoms with Crippen LogP contribution in [0.3, 0.4) is 0 Å². The maximum Gasteiger partial charge on any atom is 0.276 e. The Hall–Kier alpha value is -1.91. The predicted molar refractivity (Wildman–Crippen MR) is 63.6 cm³/mol. The number of Topliss-reactive ketones (excluding diaryl/α,β-unsaturated/α-hetero) is 1. The Morgan fingerprint density at radius 1 is 1.41 bits per heavy atom. The van der Waals surface area contributed by atoms with E-state index in [0.29, 0.717) is 24.2 Å². The molecule has 0 fully saturated rings. The first kappa shape index (κ1) is 13.2. The molecule has 0 aliphatic carbocycles. The van der Waals surface area contributed by atoms with Gasteiger partial charge in [0.2, 0.25) is 0 Å². The quantitative estimate of drug-likeness (QED) is 0.448. The number of ketones is 1. The van der Waals surface area contributed by atoms with Crippen LogP contribution in [-0.4, -0.2) is 17.3 Å². The van der Waals surface area contributed by atoms with Gasteiger partial charge in [-0.05, 0) is 26.3 Å². The number of ether oxygens (including phenoxy) is 1. The second kappa shape index (κ2) is 5.43. The highest BCUT2D eigenvalue weighted by Gasteiger charge is 2.19. The fourth-order valence-corrected chi connectivity index (χ4v) is 1.62. The number of aryl methyl sites for hydroxylation is 1. The van der Waals surface area contributed by atoms with Crippen LogP contribution in [0.25, 0.3) is 0 Å². The highest BCUT2D eigenvalue weighted by atomic mass is 16.6. The smallest absolute Gasteiger partial charge is 0.276 e. The van der Waals surface area contributed by atoms with Gasteiger partial charge in [-0.15, -0.1) is 0 Å². The van der Waals surface area contributed by atoms with Crippen LogP contribution in [0.2, 0.25) is 0 Å². The average Bonchev–Trinajstić information content (AvgIpc) is 2.28. The van der Waals surface area contributed by atoms with E-state index < -0.39 is 4.92 Å². The van der Waals surface area contributed by atoms with Crippen molar-refractivity contribution in [3.05, 3.63) is 33.4 Å². The minimum absolute atomic E-state index is 0.000880. The lowest BCUT2D eigenvalue weighted by Crippen LogP contribution is -2.04. The number of hydrogen-bond donors (Lipinski definition) is 0. The molecule has 0 aromatic heterocycles. The number of benzene rings is 1. The van der Waals surface area contributed by atoms with Crippen molar-refractivity contribution in [2.75, 3.05) is 6.61 Å². The maximum absolute atomic E-state index is 11.4. The summed E-state index contributed by atoms with van der Waals surface area (Å²) < 4.78 is 5.26. The fraction of sp³-hybridized carbons (Fsp3) is 0.417. The molecule has 0 spiro atoms. The van der Waals surface area contributed by atoms with Crippen LogP contribution in [-0.2, 0) is 6.42 Å². The molecule has 0 N–H and O–H groups in total. The van der Waals surface area contributed by atoms with Crippen molar-refractivity contribution in [2.24, 2.45) is 0 Å². The van der Waals surface area contributed by atoms with E-state index in [0.717, 1.165) is 0 Å². The molecule has 0 aliphatic rings. The van der Waals surface area contributed by atoms with Crippen molar-refractivity contribution in [3.63, 3.8) is 0 Å². The minimum atomic E-state index is -0.453. The molecule has 0 unspecified atom stereocenters. The Morgan fingerprint density at radius 3 is 2.47 bits per heavy atom. The Balaban J connectivity index is 3.41. The highest BCUT2D eigenvalue weighted by molar-refractivity contribution is 5.97. The van der Waals surface area contributed by atoms with Gasteiger partial charge in [-0.2, -0.15) is 0 Å². The van der Waals surface area contributed by atoms with E-state index >= 15 is 0 Å². The van der Waals surface area contributed by atoms with Crippen LogP contribution in [0.1, 0.15) is 36.7 Å².